The van der Waals surface area contributed by atoms with Crippen molar-refractivity contribution in [3.05, 3.63) is 82.9 Å². The topological polar surface area (TPSA) is 20.2 Å². The third-order valence-corrected chi connectivity index (χ3v) is 4.75. The zero-order chi connectivity index (χ0) is 14.4. The monoisotopic (exact) mass is 274 g/mol. The zero-order valence-electron chi connectivity index (χ0n) is 12.1. The van der Waals surface area contributed by atoms with Gasteiger partial charge in [-0.2, -0.15) is 0 Å². The predicted molar refractivity (Wildman–Crippen MR) is 86.5 cm³/mol. The first-order valence-electron chi connectivity index (χ1n) is 7.50. The van der Waals surface area contributed by atoms with E-state index in [9.17, 15) is 5.11 Å². The van der Waals surface area contributed by atoms with Gasteiger partial charge in [0, 0.05) is 0 Å². The summed E-state index contributed by atoms with van der Waals surface area (Å²) in [6.07, 6.45) is 1.96. The fraction of sp³-hybridized carbons (Fsp3) is 0.200. The Morgan fingerprint density at radius 2 is 1.57 bits per heavy atom. The molecule has 0 heterocycles. The van der Waals surface area contributed by atoms with E-state index in [1.165, 1.54) is 21.9 Å². The number of aryl methyl sites for hydroxylation is 2. The van der Waals surface area contributed by atoms with Crippen LogP contribution >= 0.6 is 0 Å². The Bertz CT molecular complexity index is 830. The van der Waals surface area contributed by atoms with Gasteiger partial charge in [-0.15, -0.1) is 0 Å². The van der Waals surface area contributed by atoms with E-state index < -0.39 is 5.60 Å². The molecule has 1 N–H and O–H groups in total. The second-order valence-corrected chi connectivity index (χ2v) is 6.04. The summed E-state index contributed by atoms with van der Waals surface area (Å²) in [5, 5.41) is 13.7. The number of fused-ring (bicyclic) bond motifs is 4. The largest absolute Gasteiger partial charge is 0.381 e. The number of hydrogen-bond donors (Lipinski definition) is 1. The van der Waals surface area contributed by atoms with Gasteiger partial charge in [-0.25, -0.2) is 0 Å². The summed E-state index contributed by atoms with van der Waals surface area (Å²) in [5.74, 6) is 0. The second-order valence-electron chi connectivity index (χ2n) is 6.04. The van der Waals surface area contributed by atoms with E-state index in [1.54, 1.807) is 0 Å². The van der Waals surface area contributed by atoms with E-state index in [4.69, 9.17) is 0 Å². The van der Waals surface area contributed by atoms with Gasteiger partial charge >= 0.3 is 0 Å². The Balaban J connectivity index is 2.05. The summed E-state index contributed by atoms with van der Waals surface area (Å²) in [6, 6.07) is 20.9. The molecule has 1 unspecified atom stereocenters. The van der Waals surface area contributed by atoms with Gasteiger partial charge in [-0.05, 0) is 52.8 Å². The highest BCUT2D eigenvalue weighted by Gasteiger charge is 2.33. The maximum atomic E-state index is 11.2. The van der Waals surface area contributed by atoms with Crippen LogP contribution in [0, 0.1) is 0 Å². The average Bonchev–Trinajstić information content (AvgIpc) is 2.63. The van der Waals surface area contributed by atoms with Crippen molar-refractivity contribution in [2.75, 3.05) is 0 Å². The van der Waals surface area contributed by atoms with Gasteiger partial charge in [0.15, 0.2) is 0 Å². The van der Waals surface area contributed by atoms with E-state index in [0.29, 0.717) is 0 Å². The van der Waals surface area contributed by atoms with E-state index in [-0.39, 0.29) is 0 Å². The summed E-state index contributed by atoms with van der Waals surface area (Å²) >= 11 is 0. The smallest absolute Gasteiger partial charge is 0.112 e. The lowest BCUT2D eigenvalue weighted by Gasteiger charge is -2.27. The lowest BCUT2D eigenvalue weighted by Crippen LogP contribution is -2.24. The number of rotatable bonds is 0. The van der Waals surface area contributed by atoms with Crippen LogP contribution in [-0.2, 0) is 18.4 Å². The Hall–Kier alpha value is -2.12. The van der Waals surface area contributed by atoms with Gasteiger partial charge < -0.3 is 5.11 Å². The van der Waals surface area contributed by atoms with Crippen molar-refractivity contribution in [1.29, 1.82) is 0 Å². The maximum absolute atomic E-state index is 11.2. The van der Waals surface area contributed by atoms with Gasteiger partial charge in [-0.1, -0.05) is 60.7 Å². The van der Waals surface area contributed by atoms with E-state index >= 15 is 0 Å². The van der Waals surface area contributed by atoms with Crippen LogP contribution < -0.4 is 0 Å². The number of aliphatic hydroxyl groups is 1. The first kappa shape index (κ1) is 12.6. The van der Waals surface area contributed by atoms with Crippen molar-refractivity contribution in [3.8, 4) is 0 Å². The molecule has 0 amide bonds. The quantitative estimate of drug-likeness (QED) is 0.651. The first-order chi connectivity index (χ1) is 10.2. The van der Waals surface area contributed by atoms with Crippen LogP contribution in [0.1, 0.15) is 29.2 Å². The molecule has 0 aromatic heterocycles. The predicted octanol–water partition coefficient (Wildman–Crippen LogP) is 4.19. The second kappa shape index (κ2) is 4.44. The highest BCUT2D eigenvalue weighted by atomic mass is 16.3. The summed E-state index contributed by atoms with van der Waals surface area (Å²) in [5.41, 5.74) is 3.70. The molecule has 1 heteroatoms. The van der Waals surface area contributed by atoms with E-state index in [2.05, 4.69) is 54.6 Å². The van der Waals surface area contributed by atoms with E-state index in [1.807, 2.05) is 13.0 Å². The van der Waals surface area contributed by atoms with Crippen LogP contribution in [-0.4, -0.2) is 5.11 Å². The van der Waals surface area contributed by atoms with Crippen LogP contribution in [0.3, 0.4) is 0 Å². The molecule has 0 aliphatic heterocycles. The molecular weight excluding hydrogens is 256 g/mol. The average molecular weight is 274 g/mol. The lowest BCUT2D eigenvalue weighted by atomic mass is 9.84. The molecule has 0 saturated carbocycles. The summed E-state index contributed by atoms with van der Waals surface area (Å²) in [6.45, 7) is 1.92. The minimum Gasteiger partial charge on any atom is -0.381 e. The van der Waals surface area contributed by atoms with Gasteiger partial charge in [0.25, 0.3) is 0 Å². The Labute approximate surface area is 124 Å². The van der Waals surface area contributed by atoms with Crippen molar-refractivity contribution in [3.63, 3.8) is 0 Å². The molecular formula is C20H18O. The zero-order valence-corrected chi connectivity index (χ0v) is 12.1. The maximum Gasteiger partial charge on any atom is 0.112 e. The number of hydrogen-bond acceptors (Lipinski definition) is 1. The molecule has 3 aromatic carbocycles. The van der Waals surface area contributed by atoms with Gasteiger partial charge in [0.05, 0.1) is 0 Å². The first-order valence-corrected chi connectivity index (χ1v) is 7.50. The molecule has 21 heavy (non-hydrogen) atoms. The van der Waals surface area contributed by atoms with Gasteiger partial charge in [0.1, 0.15) is 5.60 Å². The highest BCUT2D eigenvalue weighted by molar-refractivity contribution is 5.87. The fourth-order valence-electron chi connectivity index (χ4n) is 3.68. The molecule has 1 aliphatic rings. The highest BCUT2D eigenvalue weighted by Crippen LogP contribution is 2.39. The summed E-state index contributed by atoms with van der Waals surface area (Å²) < 4.78 is 0. The third-order valence-electron chi connectivity index (χ3n) is 4.75. The van der Waals surface area contributed by atoms with Crippen molar-refractivity contribution in [1.82, 2.24) is 0 Å². The molecule has 0 fully saturated rings. The van der Waals surface area contributed by atoms with Crippen LogP contribution in [0.2, 0.25) is 0 Å². The molecule has 0 bridgehead atoms. The molecule has 1 nitrogen and oxygen atoms in total. The SMILES string of the molecule is CC1(O)c2ccccc2CCc2c1ccc1ccccc21. The Kier molecular flexibility index (Phi) is 2.66. The summed E-state index contributed by atoms with van der Waals surface area (Å²) in [7, 11) is 0. The molecule has 0 saturated heterocycles. The van der Waals surface area contributed by atoms with E-state index in [0.717, 1.165) is 24.0 Å². The fourth-order valence-corrected chi connectivity index (χ4v) is 3.68. The minimum absolute atomic E-state index is 0.924. The van der Waals surface area contributed by atoms with Crippen molar-refractivity contribution in [2.45, 2.75) is 25.4 Å². The normalized spacial score (nSPS) is 20.7. The molecule has 1 atom stereocenters. The van der Waals surface area contributed by atoms with Crippen molar-refractivity contribution < 1.29 is 5.11 Å². The lowest BCUT2D eigenvalue weighted by molar-refractivity contribution is 0.102. The molecule has 0 radical (unpaired) electrons. The van der Waals surface area contributed by atoms with Crippen molar-refractivity contribution >= 4 is 10.8 Å². The molecule has 1 aliphatic carbocycles. The molecule has 104 valence electrons. The standard InChI is InChI=1S/C20H18O/c1-20(21)18-9-5-3-7-15(18)10-12-17-16-8-4-2-6-14(16)11-13-19(17)20/h2-9,11,13,21H,10,12H2,1H3. The molecule has 0 spiro atoms. The molecule has 3 aromatic rings. The van der Waals surface area contributed by atoms with Crippen LogP contribution in [0.5, 0.6) is 0 Å². The van der Waals surface area contributed by atoms with Crippen molar-refractivity contribution in [2.24, 2.45) is 0 Å². The third kappa shape index (κ3) is 1.81. The summed E-state index contributed by atoms with van der Waals surface area (Å²) in [4.78, 5) is 0. The van der Waals surface area contributed by atoms with Gasteiger partial charge in [-0.3, -0.25) is 0 Å². The van der Waals surface area contributed by atoms with Crippen LogP contribution in [0.15, 0.2) is 60.7 Å². The Morgan fingerprint density at radius 3 is 2.48 bits per heavy atom. The molecule has 4 rings (SSSR count). The van der Waals surface area contributed by atoms with Crippen LogP contribution in [0.4, 0.5) is 0 Å². The number of benzene rings is 3. The Morgan fingerprint density at radius 1 is 0.810 bits per heavy atom. The minimum atomic E-state index is -0.924. The van der Waals surface area contributed by atoms with Gasteiger partial charge in [0.2, 0.25) is 0 Å². The van der Waals surface area contributed by atoms with Crippen LogP contribution in [0.25, 0.3) is 10.8 Å².